The zero-order valence-corrected chi connectivity index (χ0v) is 11.7. The Morgan fingerprint density at radius 2 is 1.71 bits per heavy atom. The average Bonchev–Trinajstić information content (AvgIpc) is 2.49. The zero-order valence-electron chi connectivity index (χ0n) is 10.9. The van der Waals surface area contributed by atoms with Crippen LogP contribution in [-0.4, -0.2) is 11.1 Å². The number of fused-ring (bicyclic) bond motifs is 1. The molecule has 0 radical (unpaired) electrons. The van der Waals surface area contributed by atoms with Gasteiger partial charge in [-0.25, -0.2) is 4.79 Å². The van der Waals surface area contributed by atoms with Gasteiger partial charge in [0.25, 0.3) is 0 Å². The summed E-state index contributed by atoms with van der Waals surface area (Å²) in [4.78, 5) is 11.2. The number of hydrogen-bond donors (Lipinski definition) is 1. The summed E-state index contributed by atoms with van der Waals surface area (Å²) in [7, 11) is 0. The Labute approximate surface area is 126 Å². The van der Waals surface area contributed by atoms with Crippen LogP contribution in [-0.2, 0) is 0 Å². The largest absolute Gasteiger partial charge is 0.478 e. The Morgan fingerprint density at radius 3 is 2.48 bits per heavy atom. The molecule has 21 heavy (non-hydrogen) atoms. The lowest BCUT2D eigenvalue weighted by molar-refractivity contribution is 0.0694. The van der Waals surface area contributed by atoms with Crippen LogP contribution in [0.25, 0.3) is 10.8 Å². The van der Waals surface area contributed by atoms with E-state index in [1.807, 2.05) is 42.5 Å². The fraction of sp³-hybridized carbons (Fsp3) is 0. The van der Waals surface area contributed by atoms with E-state index >= 15 is 0 Å². The molecule has 0 saturated heterocycles. The number of carboxylic acid groups (broad SMARTS) is 1. The molecule has 4 heteroatoms. The third-order valence-electron chi connectivity index (χ3n) is 3.12. The zero-order chi connectivity index (χ0) is 14.8. The van der Waals surface area contributed by atoms with Crippen molar-refractivity contribution in [2.75, 3.05) is 0 Å². The van der Waals surface area contributed by atoms with Gasteiger partial charge in [0.15, 0.2) is 0 Å². The molecule has 0 aliphatic heterocycles. The summed E-state index contributed by atoms with van der Waals surface area (Å²) >= 11 is 5.82. The molecule has 0 aliphatic rings. The first-order valence-electron chi connectivity index (χ1n) is 6.33. The molecule has 0 bridgehead atoms. The molecule has 0 atom stereocenters. The Bertz CT molecular complexity index is 827. The topological polar surface area (TPSA) is 46.5 Å². The molecule has 3 rings (SSSR count). The van der Waals surface area contributed by atoms with Crippen molar-refractivity contribution in [3.8, 4) is 11.5 Å². The van der Waals surface area contributed by atoms with Crippen LogP contribution in [0.15, 0.2) is 60.7 Å². The molecular formula is C17H11ClO3. The lowest BCUT2D eigenvalue weighted by atomic mass is 10.1. The third-order valence-corrected chi connectivity index (χ3v) is 3.36. The summed E-state index contributed by atoms with van der Waals surface area (Å²) in [6.07, 6.45) is 0. The number of carboxylic acids is 1. The van der Waals surface area contributed by atoms with Gasteiger partial charge in [-0.15, -0.1) is 0 Å². The second kappa shape index (κ2) is 5.46. The van der Waals surface area contributed by atoms with E-state index in [1.54, 1.807) is 12.1 Å². The van der Waals surface area contributed by atoms with E-state index in [2.05, 4.69) is 0 Å². The maximum atomic E-state index is 11.2. The van der Waals surface area contributed by atoms with E-state index in [9.17, 15) is 9.90 Å². The van der Waals surface area contributed by atoms with Crippen LogP contribution in [0.2, 0.25) is 5.02 Å². The van der Waals surface area contributed by atoms with E-state index < -0.39 is 5.97 Å². The fourth-order valence-corrected chi connectivity index (χ4v) is 2.29. The van der Waals surface area contributed by atoms with Crippen LogP contribution in [0.5, 0.6) is 11.5 Å². The van der Waals surface area contributed by atoms with Gasteiger partial charge in [-0.3, -0.25) is 0 Å². The number of rotatable bonds is 3. The molecule has 0 aliphatic carbocycles. The third kappa shape index (κ3) is 2.83. The van der Waals surface area contributed by atoms with Gasteiger partial charge in [0.1, 0.15) is 17.1 Å². The summed E-state index contributed by atoms with van der Waals surface area (Å²) in [6, 6.07) is 18.0. The van der Waals surface area contributed by atoms with Gasteiger partial charge in [-0.2, -0.15) is 0 Å². The highest BCUT2D eigenvalue weighted by molar-refractivity contribution is 6.31. The molecular weight excluding hydrogens is 288 g/mol. The predicted octanol–water partition coefficient (Wildman–Crippen LogP) is 4.98. The Kier molecular flexibility index (Phi) is 3.50. The van der Waals surface area contributed by atoms with Crippen molar-refractivity contribution in [2.24, 2.45) is 0 Å². The van der Waals surface area contributed by atoms with Crippen molar-refractivity contribution >= 4 is 28.3 Å². The van der Waals surface area contributed by atoms with Crippen molar-refractivity contribution in [3.63, 3.8) is 0 Å². The van der Waals surface area contributed by atoms with Crippen LogP contribution in [0.1, 0.15) is 10.4 Å². The molecule has 1 N–H and O–H groups in total. The highest BCUT2D eigenvalue weighted by Gasteiger charge is 2.13. The van der Waals surface area contributed by atoms with Gasteiger partial charge >= 0.3 is 5.97 Å². The Hall–Kier alpha value is -2.52. The molecule has 104 valence electrons. The average molecular weight is 299 g/mol. The van der Waals surface area contributed by atoms with Crippen LogP contribution >= 0.6 is 11.6 Å². The SMILES string of the molecule is O=C(O)c1cc(Cl)ccc1Oc1ccc2ccccc2c1. The van der Waals surface area contributed by atoms with Crippen molar-refractivity contribution in [1.29, 1.82) is 0 Å². The minimum absolute atomic E-state index is 0.0376. The number of benzene rings is 3. The first kappa shape index (κ1) is 13.5. The van der Waals surface area contributed by atoms with Gasteiger partial charge in [0.05, 0.1) is 0 Å². The summed E-state index contributed by atoms with van der Waals surface area (Å²) < 4.78 is 5.69. The van der Waals surface area contributed by atoms with Gasteiger partial charge in [0, 0.05) is 5.02 Å². The van der Waals surface area contributed by atoms with Crippen LogP contribution in [0, 0.1) is 0 Å². The lowest BCUT2D eigenvalue weighted by Gasteiger charge is -2.10. The quantitative estimate of drug-likeness (QED) is 0.741. The standard InChI is InChI=1S/C17H11ClO3/c18-13-6-8-16(15(10-13)17(19)20)21-14-7-5-11-3-1-2-4-12(11)9-14/h1-10H,(H,19,20). The monoisotopic (exact) mass is 298 g/mol. The van der Waals surface area contributed by atoms with Crippen LogP contribution in [0.3, 0.4) is 0 Å². The number of hydrogen-bond acceptors (Lipinski definition) is 2. The summed E-state index contributed by atoms with van der Waals surface area (Å²) in [5, 5.41) is 11.7. The fourth-order valence-electron chi connectivity index (χ4n) is 2.12. The first-order valence-corrected chi connectivity index (χ1v) is 6.71. The molecule has 3 nitrogen and oxygen atoms in total. The highest BCUT2D eigenvalue weighted by atomic mass is 35.5. The highest BCUT2D eigenvalue weighted by Crippen LogP contribution is 2.29. The maximum absolute atomic E-state index is 11.2. The second-order valence-corrected chi connectivity index (χ2v) is 4.99. The molecule has 0 saturated carbocycles. The van der Waals surface area contributed by atoms with Gasteiger partial charge < -0.3 is 9.84 Å². The van der Waals surface area contributed by atoms with Crippen LogP contribution in [0.4, 0.5) is 0 Å². The van der Waals surface area contributed by atoms with Crippen molar-refractivity contribution in [1.82, 2.24) is 0 Å². The summed E-state index contributed by atoms with van der Waals surface area (Å²) in [5.74, 6) is -0.228. The van der Waals surface area contributed by atoms with Crippen molar-refractivity contribution in [2.45, 2.75) is 0 Å². The van der Waals surface area contributed by atoms with Crippen LogP contribution < -0.4 is 4.74 Å². The maximum Gasteiger partial charge on any atom is 0.339 e. The number of halogens is 1. The molecule has 3 aromatic rings. The van der Waals surface area contributed by atoms with Crippen molar-refractivity contribution in [3.05, 3.63) is 71.2 Å². The first-order chi connectivity index (χ1) is 10.1. The summed E-state index contributed by atoms with van der Waals surface area (Å²) in [5.41, 5.74) is 0.0376. The minimum Gasteiger partial charge on any atom is -0.478 e. The van der Waals surface area contributed by atoms with E-state index in [1.165, 1.54) is 6.07 Å². The Balaban J connectivity index is 2.00. The van der Waals surface area contributed by atoms with E-state index in [0.29, 0.717) is 10.8 Å². The van der Waals surface area contributed by atoms with E-state index in [0.717, 1.165) is 10.8 Å². The minimum atomic E-state index is -1.08. The second-order valence-electron chi connectivity index (χ2n) is 4.56. The normalized spacial score (nSPS) is 10.5. The predicted molar refractivity (Wildman–Crippen MR) is 82.4 cm³/mol. The Morgan fingerprint density at radius 1 is 0.952 bits per heavy atom. The molecule has 0 amide bonds. The molecule has 3 aromatic carbocycles. The van der Waals surface area contributed by atoms with E-state index in [-0.39, 0.29) is 11.3 Å². The lowest BCUT2D eigenvalue weighted by Crippen LogP contribution is -1.99. The van der Waals surface area contributed by atoms with Gasteiger partial charge in [-0.05, 0) is 41.1 Å². The van der Waals surface area contributed by atoms with Crippen molar-refractivity contribution < 1.29 is 14.6 Å². The van der Waals surface area contributed by atoms with E-state index in [4.69, 9.17) is 16.3 Å². The molecule has 0 heterocycles. The number of carbonyl (C=O) groups is 1. The molecule has 0 aromatic heterocycles. The molecule has 0 spiro atoms. The number of ether oxygens (including phenoxy) is 1. The van der Waals surface area contributed by atoms with Gasteiger partial charge in [-0.1, -0.05) is 41.9 Å². The smallest absolute Gasteiger partial charge is 0.339 e. The van der Waals surface area contributed by atoms with Gasteiger partial charge in [0.2, 0.25) is 0 Å². The molecule has 0 fully saturated rings. The summed E-state index contributed by atoms with van der Waals surface area (Å²) in [6.45, 7) is 0. The number of aromatic carboxylic acids is 1. The molecule has 0 unspecified atom stereocenters.